The molecule has 2 rings (SSSR count). The Kier molecular flexibility index (Phi) is 3.41. The summed E-state index contributed by atoms with van der Waals surface area (Å²) < 4.78 is 0. The van der Waals surface area contributed by atoms with E-state index >= 15 is 0 Å². The van der Waals surface area contributed by atoms with Crippen molar-refractivity contribution in [1.29, 1.82) is 0 Å². The Hall–Kier alpha value is -2.59. The zero-order valence-corrected chi connectivity index (χ0v) is 9.78. The van der Waals surface area contributed by atoms with E-state index in [2.05, 4.69) is 20.6 Å². The number of urea groups is 1. The normalized spacial score (nSPS) is 9.83. The predicted octanol–water partition coefficient (Wildman–Crippen LogP) is 1.89. The van der Waals surface area contributed by atoms with Crippen LogP contribution in [-0.2, 0) is 4.79 Å². The van der Waals surface area contributed by atoms with Gasteiger partial charge in [-0.1, -0.05) is 6.07 Å². The van der Waals surface area contributed by atoms with Gasteiger partial charge in [-0.2, -0.15) is 4.99 Å². The van der Waals surface area contributed by atoms with Gasteiger partial charge in [-0.25, -0.2) is 9.59 Å². The van der Waals surface area contributed by atoms with Crippen LogP contribution in [0, 0.1) is 6.92 Å². The molecule has 2 amide bonds. The highest BCUT2D eigenvalue weighted by molar-refractivity contribution is 6.00. The highest BCUT2D eigenvalue weighted by Gasteiger charge is 2.06. The van der Waals surface area contributed by atoms with E-state index in [1.165, 1.54) is 6.08 Å². The molecule has 0 saturated heterocycles. The van der Waals surface area contributed by atoms with E-state index in [-0.39, 0.29) is 6.67 Å². The molecule has 0 aliphatic carbocycles. The number of nitrogens with zero attached hydrogens (tertiary/aromatic N) is 1. The molecule has 0 atom stereocenters. The lowest BCUT2D eigenvalue weighted by atomic mass is 10.2. The first-order valence-corrected chi connectivity index (χ1v) is 5.37. The molecule has 0 bridgehead atoms. The van der Waals surface area contributed by atoms with E-state index in [1.807, 2.05) is 25.1 Å². The van der Waals surface area contributed by atoms with Crippen molar-refractivity contribution < 1.29 is 9.59 Å². The van der Waals surface area contributed by atoms with E-state index in [4.69, 9.17) is 0 Å². The van der Waals surface area contributed by atoms with Crippen LogP contribution in [-0.4, -0.2) is 23.8 Å². The molecule has 0 fully saturated rings. The van der Waals surface area contributed by atoms with Gasteiger partial charge in [0.1, 0.15) is 6.67 Å². The second-order valence-corrected chi connectivity index (χ2v) is 3.76. The van der Waals surface area contributed by atoms with Gasteiger partial charge in [0.25, 0.3) is 0 Å². The summed E-state index contributed by atoms with van der Waals surface area (Å²) in [5.41, 5.74) is 2.67. The Balaban J connectivity index is 2.16. The summed E-state index contributed by atoms with van der Waals surface area (Å²) in [6.07, 6.45) is 1.35. The van der Waals surface area contributed by atoms with Crippen LogP contribution in [0.5, 0.6) is 0 Å². The van der Waals surface area contributed by atoms with Crippen molar-refractivity contribution in [3.8, 4) is 0 Å². The molecule has 3 N–H and O–H groups in total. The number of isocyanates is 1. The van der Waals surface area contributed by atoms with E-state index in [1.54, 1.807) is 6.07 Å². The average Bonchev–Trinajstić information content (AvgIpc) is 2.71. The number of carbonyl (C=O) groups is 1. The topological polar surface area (TPSA) is 86.3 Å². The maximum Gasteiger partial charge on any atom is 0.320 e. The molecule has 2 aromatic rings. The van der Waals surface area contributed by atoms with Gasteiger partial charge in [0, 0.05) is 16.6 Å². The second kappa shape index (κ2) is 5.16. The Morgan fingerprint density at radius 2 is 2.33 bits per heavy atom. The zero-order chi connectivity index (χ0) is 13.0. The first-order chi connectivity index (χ1) is 8.70. The minimum atomic E-state index is -0.416. The number of carbonyl (C=O) groups excluding carboxylic acids is 2. The number of hydrogen-bond donors (Lipinski definition) is 3. The number of hydrogen-bond acceptors (Lipinski definition) is 3. The molecule has 0 unspecified atom stereocenters. The number of aliphatic imine (C=N–C) groups is 1. The molecule has 18 heavy (non-hydrogen) atoms. The van der Waals surface area contributed by atoms with E-state index in [9.17, 15) is 9.59 Å². The molecular formula is C12H12N4O2. The largest absolute Gasteiger partial charge is 0.359 e. The number of rotatable bonds is 3. The van der Waals surface area contributed by atoms with Gasteiger partial charge in [-0.05, 0) is 25.1 Å². The van der Waals surface area contributed by atoms with Gasteiger partial charge in [-0.3, -0.25) is 0 Å². The molecule has 6 heteroatoms. The molecular weight excluding hydrogens is 232 g/mol. The van der Waals surface area contributed by atoms with Crippen molar-refractivity contribution in [2.24, 2.45) is 4.99 Å². The van der Waals surface area contributed by atoms with Crippen LogP contribution in [0.1, 0.15) is 5.69 Å². The second-order valence-electron chi connectivity index (χ2n) is 3.76. The van der Waals surface area contributed by atoms with Crippen molar-refractivity contribution in [1.82, 2.24) is 10.3 Å². The molecule has 0 saturated carbocycles. The third kappa shape index (κ3) is 2.56. The van der Waals surface area contributed by atoms with E-state index in [0.717, 1.165) is 16.6 Å². The fourth-order valence-electron chi connectivity index (χ4n) is 1.71. The minimum absolute atomic E-state index is 0.0858. The van der Waals surface area contributed by atoms with Crippen LogP contribution >= 0.6 is 0 Å². The molecule has 0 radical (unpaired) electrons. The van der Waals surface area contributed by atoms with Crippen LogP contribution in [0.4, 0.5) is 10.5 Å². The van der Waals surface area contributed by atoms with Crippen LogP contribution in [0.25, 0.3) is 10.9 Å². The van der Waals surface area contributed by atoms with Crippen LogP contribution in [0.3, 0.4) is 0 Å². The third-order valence-corrected chi connectivity index (χ3v) is 2.43. The van der Waals surface area contributed by atoms with Crippen molar-refractivity contribution in [2.75, 3.05) is 12.0 Å². The highest BCUT2D eigenvalue weighted by Crippen LogP contribution is 2.23. The Morgan fingerprint density at radius 1 is 1.50 bits per heavy atom. The molecule has 0 spiro atoms. The number of aromatic amines is 1. The van der Waals surface area contributed by atoms with Gasteiger partial charge >= 0.3 is 6.03 Å². The minimum Gasteiger partial charge on any atom is -0.359 e. The molecule has 92 valence electrons. The maximum atomic E-state index is 11.5. The van der Waals surface area contributed by atoms with Gasteiger partial charge in [0.05, 0.1) is 5.69 Å². The standard InChI is InChI=1S/C12H12N4O2/c1-8-5-9-10(15-8)3-2-4-11(9)16-12(18)14-6-13-7-17/h2-5,15H,6H2,1H3,(H2,14,16,18). The monoisotopic (exact) mass is 244 g/mol. The quantitative estimate of drug-likeness (QED) is 0.568. The number of H-pyrrole nitrogens is 1. The number of fused-ring (bicyclic) bond motifs is 1. The number of anilines is 1. The summed E-state index contributed by atoms with van der Waals surface area (Å²) in [4.78, 5) is 27.8. The summed E-state index contributed by atoms with van der Waals surface area (Å²) in [6.45, 7) is 1.86. The highest BCUT2D eigenvalue weighted by atomic mass is 16.2. The van der Waals surface area contributed by atoms with Crippen LogP contribution in [0.15, 0.2) is 29.3 Å². The SMILES string of the molecule is Cc1cc2c(NC(=O)NCN=C=O)cccc2[nH]1. The molecule has 1 heterocycles. The Labute approximate surface area is 103 Å². The zero-order valence-electron chi connectivity index (χ0n) is 9.78. The first kappa shape index (κ1) is 11.9. The summed E-state index contributed by atoms with van der Waals surface area (Å²) >= 11 is 0. The van der Waals surface area contributed by atoms with Crippen molar-refractivity contribution in [3.05, 3.63) is 30.0 Å². The summed E-state index contributed by atoms with van der Waals surface area (Å²) in [6, 6.07) is 7.12. The fraction of sp³-hybridized carbons (Fsp3) is 0.167. The van der Waals surface area contributed by atoms with Crippen LogP contribution < -0.4 is 10.6 Å². The smallest absolute Gasteiger partial charge is 0.320 e. The number of aryl methyl sites for hydroxylation is 1. The molecule has 0 aliphatic heterocycles. The number of amides is 2. The van der Waals surface area contributed by atoms with Gasteiger partial charge < -0.3 is 15.6 Å². The van der Waals surface area contributed by atoms with Crippen molar-refractivity contribution in [3.63, 3.8) is 0 Å². The van der Waals surface area contributed by atoms with Crippen molar-refractivity contribution in [2.45, 2.75) is 6.92 Å². The lowest BCUT2D eigenvalue weighted by Gasteiger charge is -2.06. The van der Waals surface area contributed by atoms with Crippen molar-refractivity contribution >= 4 is 28.7 Å². The average molecular weight is 244 g/mol. The molecule has 1 aromatic heterocycles. The molecule has 6 nitrogen and oxygen atoms in total. The van der Waals surface area contributed by atoms with Gasteiger partial charge in [-0.15, -0.1) is 0 Å². The molecule has 0 aliphatic rings. The summed E-state index contributed by atoms with van der Waals surface area (Å²) in [5.74, 6) is 0. The predicted molar refractivity (Wildman–Crippen MR) is 68.2 cm³/mol. The fourth-order valence-corrected chi connectivity index (χ4v) is 1.71. The Morgan fingerprint density at radius 3 is 3.11 bits per heavy atom. The van der Waals surface area contributed by atoms with Gasteiger partial charge in [0.15, 0.2) is 0 Å². The lowest BCUT2D eigenvalue weighted by Crippen LogP contribution is -2.28. The third-order valence-electron chi connectivity index (χ3n) is 2.43. The Bertz CT molecular complexity index is 626. The number of benzene rings is 1. The number of aromatic nitrogens is 1. The summed E-state index contributed by atoms with van der Waals surface area (Å²) in [7, 11) is 0. The first-order valence-electron chi connectivity index (χ1n) is 5.37. The maximum absolute atomic E-state index is 11.5. The lowest BCUT2D eigenvalue weighted by molar-refractivity contribution is 0.252. The summed E-state index contributed by atoms with van der Waals surface area (Å²) in [5, 5.41) is 6.05. The van der Waals surface area contributed by atoms with E-state index < -0.39 is 6.03 Å². The van der Waals surface area contributed by atoms with E-state index in [0.29, 0.717) is 5.69 Å². The van der Waals surface area contributed by atoms with Gasteiger partial charge in [0.2, 0.25) is 6.08 Å². The van der Waals surface area contributed by atoms with Crippen LogP contribution in [0.2, 0.25) is 0 Å². The molecule has 1 aromatic carbocycles. The number of nitrogens with one attached hydrogen (secondary N) is 3.